The Kier molecular flexibility index (Phi) is 5.07. The molecule has 1 atom stereocenters. The topological polar surface area (TPSA) is 94.7 Å². The van der Waals surface area contributed by atoms with Crippen molar-refractivity contribution in [3.05, 3.63) is 70.8 Å². The first-order valence-electron chi connectivity index (χ1n) is 8.51. The second-order valence-electron chi connectivity index (χ2n) is 6.03. The number of pyridine rings is 1. The van der Waals surface area contributed by atoms with Crippen LogP contribution in [0.3, 0.4) is 0 Å². The molecule has 0 unspecified atom stereocenters. The molecule has 2 aromatic heterocycles. The number of rotatable bonds is 6. The maximum Gasteiger partial charge on any atom is 0.350 e. The Morgan fingerprint density at radius 1 is 1.15 bits per heavy atom. The molecule has 27 heavy (non-hydrogen) atoms. The van der Waals surface area contributed by atoms with Crippen LogP contribution in [0.15, 0.2) is 59.5 Å². The highest BCUT2D eigenvalue weighted by molar-refractivity contribution is 5.89. The summed E-state index contributed by atoms with van der Waals surface area (Å²) in [5, 5.41) is 6.88. The highest BCUT2D eigenvalue weighted by Gasteiger charge is 2.41. The van der Waals surface area contributed by atoms with Crippen LogP contribution in [0.25, 0.3) is 5.65 Å². The molecule has 0 aliphatic heterocycles. The summed E-state index contributed by atoms with van der Waals surface area (Å²) in [6.45, 7) is 1.47. The van der Waals surface area contributed by atoms with E-state index >= 15 is 0 Å². The first-order chi connectivity index (χ1) is 13.0. The average Bonchev–Trinajstić information content (AvgIpc) is 3.02. The van der Waals surface area contributed by atoms with Gasteiger partial charge in [-0.15, -0.1) is 5.10 Å². The van der Waals surface area contributed by atoms with Gasteiger partial charge in [0.2, 0.25) is 5.91 Å². The number of hydrogen-bond donors (Lipinski definition) is 1. The fraction of sp³-hybridized carbons (Fsp3) is 0.263. The third-order valence-electron chi connectivity index (χ3n) is 4.47. The quantitative estimate of drug-likeness (QED) is 0.657. The molecular formula is C19H20N4O4. The molecule has 0 radical (unpaired) electrons. The second-order valence-corrected chi connectivity index (χ2v) is 6.03. The number of aromatic nitrogens is 3. The summed E-state index contributed by atoms with van der Waals surface area (Å²) in [5.41, 5.74) is -0.723. The fourth-order valence-corrected chi connectivity index (χ4v) is 3.06. The SMILES string of the molecule is CC[C@@](NC(=O)Cn1nc2ccccn2c1=O)(C(=O)OC)c1ccccc1. The average molecular weight is 368 g/mol. The summed E-state index contributed by atoms with van der Waals surface area (Å²) in [7, 11) is 1.27. The number of ether oxygens (including phenoxy) is 1. The largest absolute Gasteiger partial charge is 0.467 e. The molecule has 140 valence electrons. The van der Waals surface area contributed by atoms with Gasteiger partial charge in [-0.25, -0.2) is 14.3 Å². The summed E-state index contributed by atoms with van der Waals surface area (Å²) in [6.07, 6.45) is 1.86. The van der Waals surface area contributed by atoms with Crippen LogP contribution in [0.1, 0.15) is 18.9 Å². The fourth-order valence-electron chi connectivity index (χ4n) is 3.06. The molecular weight excluding hydrogens is 348 g/mol. The molecule has 1 amide bonds. The van der Waals surface area contributed by atoms with Crippen LogP contribution >= 0.6 is 0 Å². The molecule has 0 aliphatic carbocycles. The van der Waals surface area contributed by atoms with E-state index in [4.69, 9.17) is 4.74 Å². The van der Waals surface area contributed by atoms with E-state index in [0.29, 0.717) is 11.2 Å². The summed E-state index contributed by atoms with van der Waals surface area (Å²) >= 11 is 0. The van der Waals surface area contributed by atoms with Gasteiger partial charge < -0.3 is 10.1 Å². The molecule has 8 nitrogen and oxygen atoms in total. The number of esters is 1. The predicted molar refractivity (Wildman–Crippen MR) is 98.0 cm³/mol. The Labute approximate surface area is 155 Å². The second kappa shape index (κ2) is 7.45. The molecule has 0 saturated heterocycles. The molecule has 0 spiro atoms. The molecule has 3 aromatic rings. The Bertz CT molecular complexity index is 1020. The van der Waals surface area contributed by atoms with Gasteiger partial charge in [-0.05, 0) is 24.1 Å². The van der Waals surface area contributed by atoms with Crippen molar-refractivity contribution in [3.63, 3.8) is 0 Å². The number of nitrogens with zero attached hydrogens (tertiary/aromatic N) is 3. The van der Waals surface area contributed by atoms with E-state index in [1.54, 1.807) is 55.6 Å². The lowest BCUT2D eigenvalue weighted by molar-refractivity contribution is -0.152. The van der Waals surface area contributed by atoms with Crippen molar-refractivity contribution in [1.82, 2.24) is 19.5 Å². The third-order valence-corrected chi connectivity index (χ3v) is 4.47. The lowest BCUT2D eigenvalue weighted by atomic mass is 9.87. The van der Waals surface area contributed by atoms with E-state index in [-0.39, 0.29) is 13.0 Å². The number of nitrogens with one attached hydrogen (secondary N) is 1. The Morgan fingerprint density at radius 2 is 1.85 bits per heavy atom. The van der Waals surface area contributed by atoms with Gasteiger partial charge in [0.15, 0.2) is 11.2 Å². The molecule has 0 bridgehead atoms. The lowest BCUT2D eigenvalue weighted by Gasteiger charge is -2.31. The van der Waals surface area contributed by atoms with Crippen molar-refractivity contribution < 1.29 is 14.3 Å². The summed E-state index contributed by atoms with van der Waals surface area (Å²) in [6, 6.07) is 14.0. The molecule has 0 saturated carbocycles. The van der Waals surface area contributed by atoms with E-state index in [1.807, 2.05) is 6.07 Å². The van der Waals surface area contributed by atoms with Crippen molar-refractivity contribution in [1.29, 1.82) is 0 Å². The Morgan fingerprint density at radius 3 is 2.48 bits per heavy atom. The van der Waals surface area contributed by atoms with Crippen LogP contribution in [0.2, 0.25) is 0 Å². The first-order valence-corrected chi connectivity index (χ1v) is 8.51. The zero-order chi connectivity index (χ0) is 19.4. The molecule has 8 heteroatoms. The summed E-state index contributed by atoms with van der Waals surface area (Å²) < 4.78 is 7.35. The number of benzene rings is 1. The lowest BCUT2D eigenvalue weighted by Crippen LogP contribution is -2.53. The molecule has 0 aliphatic rings. The molecule has 0 fully saturated rings. The van der Waals surface area contributed by atoms with E-state index in [1.165, 1.54) is 11.5 Å². The van der Waals surface area contributed by atoms with Crippen LogP contribution in [0, 0.1) is 0 Å². The van der Waals surface area contributed by atoms with Gasteiger partial charge in [0.1, 0.15) is 6.54 Å². The van der Waals surface area contributed by atoms with Crippen molar-refractivity contribution in [3.8, 4) is 0 Å². The summed E-state index contributed by atoms with van der Waals surface area (Å²) in [4.78, 5) is 37.6. The standard InChI is InChI=1S/C19H20N4O4/c1-3-19(17(25)27-2,14-9-5-4-6-10-14)20-16(24)13-23-18(26)22-12-8-7-11-15(22)21-23/h4-12H,3,13H2,1-2H3,(H,20,24)/t19-/m0/s1. The number of carbonyl (C=O) groups is 2. The van der Waals surface area contributed by atoms with Gasteiger partial charge in [-0.2, -0.15) is 0 Å². The normalized spacial score (nSPS) is 13.1. The van der Waals surface area contributed by atoms with Gasteiger partial charge in [0.25, 0.3) is 0 Å². The van der Waals surface area contributed by atoms with E-state index in [9.17, 15) is 14.4 Å². The minimum absolute atomic E-state index is 0.287. The van der Waals surface area contributed by atoms with Crippen LogP contribution in [0.5, 0.6) is 0 Å². The molecule has 1 N–H and O–H groups in total. The van der Waals surface area contributed by atoms with Crippen molar-refractivity contribution >= 4 is 17.5 Å². The number of carbonyl (C=O) groups excluding carboxylic acids is 2. The molecule has 1 aromatic carbocycles. The maximum absolute atomic E-state index is 12.7. The number of methoxy groups -OCH3 is 1. The van der Waals surface area contributed by atoms with E-state index in [2.05, 4.69) is 10.4 Å². The zero-order valence-electron chi connectivity index (χ0n) is 15.1. The van der Waals surface area contributed by atoms with Crippen LogP contribution < -0.4 is 11.0 Å². The van der Waals surface area contributed by atoms with Gasteiger partial charge >= 0.3 is 11.7 Å². The maximum atomic E-state index is 12.7. The highest BCUT2D eigenvalue weighted by atomic mass is 16.5. The van der Waals surface area contributed by atoms with Crippen molar-refractivity contribution in [2.45, 2.75) is 25.4 Å². The van der Waals surface area contributed by atoms with Gasteiger partial charge in [0.05, 0.1) is 7.11 Å². The smallest absolute Gasteiger partial charge is 0.350 e. The molecule has 3 rings (SSSR count). The van der Waals surface area contributed by atoms with Gasteiger partial charge in [-0.1, -0.05) is 43.3 Å². The summed E-state index contributed by atoms with van der Waals surface area (Å²) in [5.74, 6) is -1.09. The zero-order valence-corrected chi connectivity index (χ0v) is 15.1. The van der Waals surface area contributed by atoms with Crippen molar-refractivity contribution in [2.24, 2.45) is 0 Å². The Hall–Kier alpha value is -3.42. The van der Waals surface area contributed by atoms with Gasteiger partial charge in [-0.3, -0.25) is 9.20 Å². The third kappa shape index (κ3) is 3.33. The number of amides is 1. The van der Waals surface area contributed by atoms with Gasteiger partial charge in [0, 0.05) is 6.20 Å². The first kappa shape index (κ1) is 18.4. The monoisotopic (exact) mass is 368 g/mol. The van der Waals surface area contributed by atoms with Crippen LogP contribution in [0.4, 0.5) is 0 Å². The van der Waals surface area contributed by atoms with E-state index < -0.39 is 23.1 Å². The van der Waals surface area contributed by atoms with Crippen molar-refractivity contribution in [2.75, 3.05) is 7.11 Å². The highest BCUT2D eigenvalue weighted by Crippen LogP contribution is 2.26. The minimum atomic E-state index is -1.34. The van der Waals surface area contributed by atoms with Crippen LogP contribution in [-0.2, 0) is 26.4 Å². The number of hydrogen-bond acceptors (Lipinski definition) is 5. The number of fused-ring (bicyclic) bond motifs is 1. The molecule has 2 heterocycles. The minimum Gasteiger partial charge on any atom is -0.467 e. The Balaban J connectivity index is 1.91. The van der Waals surface area contributed by atoms with Crippen LogP contribution in [-0.4, -0.2) is 33.2 Å². The predicted octanol–water partition coefficient (Wildman–Crippen LogP) is 1.09. The van der Waals surface area contributed by atoms with E-state index in [0.717, 1.165) is 4.68 Å².